The Labute approximate surface area is 147 Å². The second kappa shape index (κ2) is 5.73. The maximum absolute atomic E-state index is 9.62. The normalized spacial score (nSPS) is 20.0. The van der Waals surface area contributed by atoms with Crippen molar-refractivity contribution in [3.8, 4) is 23.0 Å². The van der Waals surface area contributed by atoms with Crippen LogP contribution in [0.25, 0.3) is 6.08 Å². The van der Waals surface area contributed by atoms with Gasteiger partial charge in [-0.25, -0.2) is 0 Å². The van der Waals surface area contributed by atoms with Crippen molar-refractivity contribution in [3.63, 3.8) is 0 Å². The van der Waals surface area contributed by atoms with E-state index in [4.69, 9.17) is 14.2 Å². The van der Waals surface area contributed by atoms with Crippen molar-refractivity contribution in [3.05, 3.63) is 53.1 Å². The minimum Gasteiger partial charge on any atom is -0.508 e. The lowest BCUT2D eigenvalue weighted by atomic mass is 9.87. The quantitative estimate of drug-likeness (QED) is 0.887. The molecule has 1 N–H and O–H groups in total. The van der Waals surface area contributed by atoms with Gasteiger partial charge in [-0.1, -0.05) is 12.1 Å². The number of phenols is 1. The highest BCUT2D eigenvalue weighted by Crippen LogP contribution is 2.44. The fraction of sp³-hybridized carbons (Fsp3) is 0.333. The van der Waals surface area contributed by atoms with Crippen LogP contribution in [0.2, 0.25) is 0 Å². The molecule has 2 heterocycles. The first-order valence-corrected chi connectivity index (χ1v) is 8.51. The van der Waals surface area contributed by atoms with Crippen LogP contribution in [0, 0.1) is 0 Å². The summed E-state index contributed by atoms with van der Waals surface area (Å²) in [6, 6.07) is 9.38. The molecule has 2 aromatic rings. The van der Waals surface area contributed by atoms with E-state index in [9.17, 15) is 5.11 Å². The Morgan fingerprint density at radius 1 is 1.20 bits per heavy atom. The summed E-state index contributed by atoms with van der Waals surface area (Å²) in [6.45, 7) is 4.65. The van der Waals surface area contributed by atoms with Crippen molar-refractivity contribution in [2.24, 2.45) is 0 Å². The van der Waals surface area contributed by atoms with Crippen LogP contribution < -0.4 is 14.2 Å². The zero-order chi connectivity index (χ0) is 17.6. The fourth-order valence-electron chi connectivity index (χ4n) is 3.51. The smallest absolute Gasteiger partial charge is 0.135 e. The van der Waals surface area contributed by atoms with Crippen LogP contribution in [0.4, 0.5) is 0 Å². The third kappa shape index (κ3) is 2.82. The number of aromatic hydroxyl groups is 1. The van der Waals surface area contributed by atoms with Crippen LogP contribution >= 0.6 is 0 Å². The van der Waals surface area contributed by atoms with Crippen LogP contribution in [0.15, 0.2) is 36.4 Å². The Hall–Kier alpha value is -2.62. The fourth-order valence-corrected chi connectivity index (χ4v) is 3.51. The molecule has 0 aromatic heterocycles. The van der Waals surface area contributed by atoms with Gasteiger partial charge in [0.05, 0.1) is 19.3 Å². The van der Waals surface area contributed by atoms with E-state index in [1.165, 1.54) is 0 Å². The van der Waals surface area contributed by atoms with E-state index in [0.717, 1.165) is 40.4 Å². The van der Waals surface area contributed by atoms with Crippen molar-refractivity contribution < 1.29 is 19.3 Å². The van der Waals surface area contributed by atoms with Gasteiger partial charge in [0.25, 0.3) is 0 Å². The van der Waals surface area contributed by atoms with Gasteiger partial charge < -0.3 is 19.3 Å². The highest BCUT2D eigenvalue weighted by Gasteiger charge is 2.31. The largest absolute Gasteiger partial charge is 0.508 e. The van der Waals surface area contributed by atoms with Crippen LogP contribution in [0.1, 0.15) is 36.5 Å². The van der Waals surface area contributed by atoms with Gasteiger partial charge in [0, 0.05) is 17.5 Å². The summed E-state index contributed by atoms with van der Waals surface area (Å²) < 4.78 is 17.7. The van der Waals surface area contributed by atoms with Gasteiger partial charge in [-0.15, -0.1) is 0 Å². The number of benzene rings is 2. The van der Waals surface area contributed by atoms with Gasteiger partial charge in [0.2, 0.25) is 0 Å². The molecule has 2 aliphatic heterocycles. The summed E-state index contributed by atoms with van der Waals surface area (Å²) in [6.07, 6.45) is 4.98. The maximum Gasteiger partial charge on any atom is 0.135 e. The molecule has 2 aromatic carbocycles. The predicted octanol–water partition coefficient (Wildman–Crippen LogP) is 4.30. The average molecular weight is 338 g/mol. The Morgan fingerprint density at radius 3 is 2.84 bits per heavy atom. The number of rotatable bonds is 2. The number of phenolic OH excluding ortho intramolecular Hbond substituents is 1. The zero-order valence-electron chi connectivity index (χ0n) is 14.7. The van der Waals surface area contributed by atoms with E-state index in [-0.39, 0.29) is 17.3 Å². The molecular formula is C21H22O4. The molecule has 0 amide bonds. The van der Waals surface area contributed by atoms with Crippen LogP contribution in [-0.4, -0.2) is 24.4 Å². The molecular weight excluding hydrogens is 316 g/mol. The van der Waals surface area contributed by atoms with Crippen LogP contribution in [0.5, 0.6) is 23.0 Å². The molecule has 0 saturated heterocycles. The number of hydrogen-bond acceptors (Lipinski definition) is 4. The molecule has 0 spiro atoms. The highest BCUT2D eigenvalue weighted by atomic mass is 16.5. The first kappa shape index (κ1) is 15.9. The first-order valence-electron chi connectivity index (χ1n) is 8.51. The standard InChI is InChI=1S/C21H22O4/c1-21(2)9-8-17-18(23-3)7-6-16(20(17)25-21)14-10-13-4-5-15(22)11-19(13)24-12-14/h4-9,11,14,22H,10,12H2,1-3H3/t14-/m0/s1. The van der Waals surface area contributed by atoms with Gasteiger partial charge in [-0.3, -0.25) is 0 Å². The SMILES string of the molecule is COc1ccc([C@@H]2COc3cc(O)ccc3C2)c2c1C=CC(C)(C)O2. The van der Waals surface area contributed by atoms with Gasteiger partial charge in [-0.2, -0.15) is 0 Å². The third-order valence-corrected chi connectivity index (χ3v) is 4.82. The summed E-state index contributed by atoms with van der Waals surface area (Å²) in [4.78, 5) is 0. The van der Waals surface area contributed by atoms with Gasteiger partial charge >= 0.3 is 0 Å². The predicted molar refractivity (Wildman–Crippen MR) is 96.8 cm³/mol. The lowest BCUT2D eigenvalue weighted by Crippen LogP contribution is -2.29. The molecule has 0 unspecified atom stereocenters. The molecule has 130 valence electrons. The van der Waals surface area contributed by atoms with E-state index in [0.29, 0.717) is 6.61 Å². The Balaban J connectivity index is 1.75. The summed E-state index contributed by atoms with van der Waals surface area (Å²) in [5.41, 5.74) is 2.86. The van der Waals surface area contributed by atoms with Crippen molar-refractivity contribution in [2.45, 2.75) is 31.8 Å². The molecule has 4 heteroatoms. The van der Waals surface area contributed by atoms with Crippen molar-refractivity contribution in [1.29, 1.82) is 0 Å². The minimum atomic E-state index is -0.354. The number of ether oxygens (including phenoxy) is 3. The van der Waals surface area contributed by atoms with Crippen molar-refractivity contribution in [1.82, 2.24) is 0 Å². The number of hydrogen-bond donors (Lipinski definition) is 1. The average Bonchev–Trinajstić information content (AvgIpc) is 2.59. The molecule has 4 rings (SSSR count). The first-order chi connectivity index (χ1) is 12.0. The minimum absolute atomic E-state index is 0.194. The second-order valence-electron chi connectivity index (χ2n) is 7.14. The molecule has 4 nitrogen and oxygen atoms in total. The van der Waals surface area contributed by atoms with Crippen molar-refractivity contribution >= 4 is 6.08 Å². The Morgan fingerprint density at radius 2 is 2.04 bits per heavy atom. The number of methoxy groups -OCH3 is 1. The highest BCUT2D eigenvalue weighted by molar-refractivity contribution is 5.70. The summed E-state index contributed by atoms with van der Waals surface area (Å²) >= 11 is 0. The van der Waals surface area contributed by atoms with Gasteiger partial charge in [0.1, 0.15) is 28.6 Å². The lowest BCUT2D eigenvalue weighted by molar-refractivity contribution is 0.153. The molecule has 1 atom stereocenters. The summed E-state index contributed by atoms with van der Waals surface area (Å²) in [5, 5.41) is 9.62. The van der Waals surface area contributed by atoms with E-state index >= 15 is 0 Å². The molecule has 0 saturated carbocycles. The molecule has 25 heavy (non-hydrogen) atoms. The molecule has 0 aliphatic carbocycles. The van der Waals surface area contributed by atoms with Gasteiger partial charge in [-0.05, 0) is 50.1 Å². The van der Waals surface area contributed by atoms with Crippen molar-refractivity contribution in [2.75, 3.05) is 13.7 Å². The van der Waals surface area contributed by atoms with E-state index < -0.39 is 0 Å². The Kier molecular flexibility index (Phi) is 3.64. The third-order valence-electron chi connectivity index (χ3n) is 4.82. The molecule has 2 aliphatic rings. The topological polar surface area (TPSA) is 47.9 Å². The second-order valence-corrected chi connectivity index (χ2v) is 7.14. The molecule has 0 bridgehead atoms. The molecule has 0 radical (unpaired) electrons. The monoisotopic (exact) mass is 338 g/mol. The Bertz CT molecular complexity index is 851. The zero-order valence-corrected chi connectivity index (χ0v) is 14.7. The van der Waals surface area contributed by atoms with E-state index in [2.05, 4.69) is 18.2 Å². The van der Waals surface area contributed by atoms with E-state index in [1.54, 1.807) is 19.2 Å². The van der Waals surface area contributed by atoms with Crippen LogP contribution in [0.3, 0.4) is 0 Å². The maximum atomic E-state index is 9.62. The van der Waals surface area contributed by atoms with E-state index in [1.807, 2.05) is 26.0 Å². The summed E-state index contributed by atoms with van der Waals surface area (Å²) in [5.74, 6) is 2.88. The van der Waals surface area contributed by atoms with Gasteiger partial charge in [0.15, 0.2) is 0 Å². The number of fused-ring (bicyclic) bond motifs is 2. The lowest BCUT2D eigenvalue weighted by Gasteiger charge is -2.33. The molecule has 0 fully saturated rings. The summed E-state index contributed by atoms with van der Waals surface area (Å²) in [7, 11) is 1.68. The van der Waals surface area contributed by atoms with Crippen LogP contribution in [-0.2, 0) is 6.42 Å².